The SMILES string of the molecule is C1=Cc2pc3c(cc2=C1)C=CC=3. The van der Waals surface area contributed by atoms with E-state index in [1.165, 1.54) is 29.2 Å². The Bertz CT molecular complexity index is 469. The lowest BCUT2D eigenvalue weighted by Crippen LogP contribution is -2.07. The zero-order valence-corrected chi connectivity index (χ0v) is 7.38. The molecule has 0 saturated heterocycles. The van der Waals surface area contributed by atoms with E-state index in [4.69, 9.17) is 0 Å². The van der Waals surface area contributed by atoms with Gasteiger partial charge in [0.25, 0.3) is 0 Å². The largest absolute Gasteiger partial charge is 0.0607 e. The van der Waals surface area contributed by atoms with Crippen molar-refractivity contribution in [1.82, 2.24) is 0 Å². The highest BCUT2D eigenvalue weighted by Gasteiger charge is 2.02. The fourth-order valence-corrected chi connectivity index (χ4v) is 2.71. The van der Waals surface area contributed by atoms with E-state index in [-0.39, 0.29) is 0 Å². The molecule has 0 aliphatic heterocycles. The van der Waals surface area contributed by atoms with Gasteiger partial charge in [0.05, 0.1) is 0 Å². The van der Waals surface area contributed by atoms with Crippen molar-refractivity contribution in [3.05, 3.63) is 39.2 Å². The quantitative estimate of drug-likeness (QED) is 0.557. The van der Waals surface area contributed by atoms with Crippen molar-refractivity contribution in [2.45, 2.75) is 0 Å². The van der Waals surface area contributed by atoms with Crippen molar-refractivity contribution >= 4 is 32.5 Å². The molecular formula is C11H7P. The summed E-state index contributed by atoms with van der Waals surface area (Å²) in [7, 11) is 1.36. The molecule has 1 heteroatoms. The molecule has 0 fully saturated rings. The molecule has 3 rings (SSSR count). The van der Waals surface area contributed by atoms with Crippen LogP contribution in [0.25, 0.3) is 24.3 Å². The lowest BCUT2D eigenvalue weighted by molar-refractivity contribution is 1.65. The minimum atomic E-state index is 1.36. The first-order valence-corrected chi connectivity index (χ1v) is 4.91. The summed E-state index contributed by atoms with van der Waals surface area (Å²) < 4.78 is 0. The van der Waals surface area contributed by atoms with Gasteiger partial charge in [-0.3, -0.25) is 0 Å². The molecule has 0 atom stereocenters. The van der Waals surface area contributed by atoms with Gasteiger partial charge < -0.3 is 0 Å². The molecule has 0 bridgehead atoms. The third-order valence-corrected chi connectivity index (χ3v) is 3.50. The second kappa shape index (κ2) is 2.18. The Labute approximate surface area is 72.3 Å². The molecule has 2 aliphatic rings. The molecule has 56 valence electrons. The van der Waals surface area contributed by atoms with Gasteiger partial charge in [0, 0.05) is 10.2 Å². The first-order chi connectivity index (χ1) is 5.93. The number of allylic oxidation sites excluding steroid dienone is 2. The fourth-order valence-electron chi connectivity index (χ4n) is 1.59. The first kappa shape index (κ1) is 6.39. The molecule has 1 aromatic rings. The van der Waals surface area contributed by atoms with Gasteiger partial charge in [0.1, 0.15) is 0 Å². The Morgan fingerprint density at radius 2 is 1.92 bits per heavy atom. The summed E-state index contributed by atoms with van der Waals surface area (Å²) in [6.45, 7) is 0. The molecule has 0 amide bonds. The number of rotatable bonds is 0. The van der Waals surface area contributed by atoms with Gasteiger partial charge in [-0.15, -0.1) is 0 Å². The molecule has 12 heavy (non-hydrogen) atoms. The van der Waals surface area contributed by atoms with Crippen LogP contribution in [0.2, 0.25) is 0 Å². The van der Waals surface area contributed by atoms with Crippen molar-refractivity contribution in [2.75, 3.05) is 0 Å². The van der Waals surface area contributed by atoms with Crippen LogP contribution in [-0.2, 0) is 0 Å². The Kier molecular flexibility index (Phi) is 1.16. The maximum absolute atomic E-state index is 2.27. The summed E-state index contributed by atoms with van der Waals surface area (Å²) in [4.78, 5) is 1.44. The predicted octanol–water partition coefficient (Wildman–Crippen LogP) is 1.88. The zero-order valence-electron chi connectivity index (χ0n) is 6.49. The van der Waals surface area contributed by atoms with E-state index in [2.05, 4.69) is 42.5 Å². The summed E-state index contributed by atoms with van der Waals surface area (Å²) in [5.74, 6) is 0. The number of hydrogen-bond acceptors (Lipinski definition) is 0. The average molecular weight is 170 g/mol. The van der Waals surface area contributed by atoms with Crippen LogP contribution in [0.15, 0.2) is 18.2 Å². The van der Waals surface area contributed by atoms with Crippen LogP contribution < -0.4 is 10.2 Å². The van der Waals surface area contributed by atoms with Crippen LogP contribution >= 0.6 is 8.19 Å². The Morgan fingerprint density at radius 3 is 2.92 bits per heavy atom. The van der Waals surface area contributed by atoms with E-state index < -0.39 is 0 Å². The van der Waals surface area contributed by atoms with E-state index >= 15 is 0 Å². The third kappa shape index (κ3) is 0.761. The zero-order chi connectivity index (χ0) is 7.97. The molecular weight excluding hydrogens is 163 g/mol. The Morgan fingerprint density at radius 1 is 1.00 bits per heavy atom. The van der Waals surface area contributed by atoms with Gasteiger partial charge >= 0.3 is 0 Å². The van der Waals surface area contributed by atoms with E-state index in [9.17, 15) is 0 Å². The minimum absolute atomic E-state index is 1.36. The lowest BCUT2D eigenvalue weighted by atomic mass is 10.3. The van der Waals surface area contributed by atoms with E-state index in [0.717, 1.165) is 0 Å². The molecule has 0 radical (unpaired) electrons. The van der Waals surface area contributed by atoms with Crippen molar-refractivity contribution in [2.24, 2.45) is 0 Å². The maximum atomic E-state index is 2.27. The topological polar surface area (TPSA) is 0 Å². The van der Waals surface area contributed by atoms with Crippen molar-refractivity contribution < 1.29 is 0 Å². The van der Waals surface area contributed by atoms with Crippen molar-refractivity contribution in [3.63, 3.8) is 0 Å². The molecule has 1 aromatic heterocycles. The summed E-state index contributed by atoms with van der Waals surface area (Å²) in [6.07, 6.45) is 13.0. The van der Waals surface area contributed by atoms with E-state index in [1.54, 1.807) is 0 Å². The molecule has 2 aliphatic carbocycles. The first-order valence-electron chi connectivity index (χ1n) is 4.01. The standard InChI is InChI=1S/C11H7P/c1-3-8-7-9-4-2-6-11(9)12-10(8)5-1/h1-7H. The third-order valence-electron chi connectivity index (χ3n) is 2.20. The van der Waals surface area contributed by atoms with Gasteiger partial charge in [0.15, 0.2) is 0 Å². The number of fused-ring (bicyclic) bond motifs is 2. The molecule has 0 nitrogen and oxygen atoms in total. The summed E-state index contributed by atoms with van der Waals surface area (Å²) in [5, 5.41) is 2.82. The summed E-state index contributed by atoms with van der Waals surface area (Å²) in [5.41, 5.74) is 1.38. The summed E-state index contributed by atoms with van der Waals surface area (Å²) in [6, 6.07) is 2.27. The van der Waals surface area contributed by atoms with E-state index in [1.807, 2.05) is 0 Å². The van der Waals surface area contributed by atoms with Crippen LogP contribution in [0.4, 0.5) is 0 Å². The second-order valence-electron chi connectivity index (χ2n) is 2.99. The van der Waals surface area contributed by atoms with Crippen LogP contribution in [0.5, 0.6) is 0 Å². The molecule has 0 aromatic carbocycles. The van der Waals surface area contributed by atoms with Crippen LogP contribution in [0, 0.1) is 0 Å². The van der Waals surface area contributed by atoms with Gasteiger partial charge in [-0.1, -0.05) is 32.5 Å². The average Bonchev–Trinajstić information content (AvgIpc) is 2.64. The summed E-state index contributed by atoms with van der Waals surface area (Å²) >= 11 is 0. The molecule has 0 N–H and O–H groups in total. The predicted molar refractivity (Wildman–Crippen MR) is 55.2 cm³/mol. The van der Waals surface area contributed by atoms with E-state index in [0.29, 0.717) is 0 Å². The highest BCUT2D eigenvalue weighted by Crippen LogP contribution is 2.14. The fraction of sp³-hybridized carbons (Fsp3) is 0. The van der Waals surface area contributed by atoms with Crippen molar-refractivity contribution in [3.8, 4) is 0 Å². The molecule has 0 spiro atoms. The van der Waals surface area contributed by atoms with Crippen LogP contribution in [-0.4, -0.2) is 0 Å². The smallest absolute Gasteiger partial charge is 0.00963 e. The minimum Gasteiger partial charge on any atom is -0.0607 e. The number of hydrogen-bond donors (Lipinski definition) is 0. The molecule has 0 unspecified atom stereocenters. The normalized spacial score (nSPS) is 16.0. The second-order valence-corrected chi connectivity index (χ2v) is 4.18. The van der Waals surface area contributed by atoms with Gasteiger partial charge in [0.2, 0.25) is 0 Å². The van der Waals surface area contributed by atoms with Crippen LogP contribution in [0.3, 0.4) is 0 Å². The van der Waals surface area contributed by atoms with Gasteiger partial charge in [-0.05, 0) is 29.0 Å². The molecule has 1 heterocycles. The maximum Gasteiger partial charge on any atom is 0.00963 e. The van der Waals surface area contributed by atoms with Gasteiger partial charge in [-0.2, -0.15) is 0 Å². The molecule has 0 saturated carbocycles. The van der Waals surface area contributed by atoms with Crippen LogP contribution in [0.1, 0.15) is 10.9 Å². The highest BCUT2D eigenvalue weighted by atomic mass is 31.0. The lowest BCUT2D eigenvalue weighted by Gasteiger charge is -1.93. The Balaban J connectivity index is 2.50. The monoisotopic (exact) mass is 170 g/mol. The van der Waals surface area contributed by atoms with Gasteiger partial charge in [-0.25, -0.2) is 0 Å². The van der Waals surface area contributed by atoms with Crippen molar-refractivity contribution in [1.29, 1.82) is 0 Å². The highest BCUT2D eigenvalue weighted by molar-refractivity contribution is 7.30. The Hall–Kier alpha value is -1.13.